The number of benzene rings is 3. The molecule has 39 heavy (non-hydrogen) atoms. The third kappa shape index (κ3) is 6.14. The number of nitrogens with zero attached hydrogens (tertiary/aromatic N) is 4. The first kappa shape index (κ1) is 27.5. The minimum Gasteiger partial charge on any atom is -0.315 e. The van der Waals surface area contributed by atoms with E-state index < -0.39 is 11.0 Å². The first-order valence-electron chi connectivity index (χ1n) is 13.1. The van der Waals surface area contributed by atoms with Crippen LogP contribution >= 0.6 is 0 Å². The molecule has 2 amide bonds. The summed E-state index contributed by atoms with van der Waals surface area (Å²) in [7, 11) is 0. The summed E-state index contributed by atoms with van der Waals surface area (Å²) >= 11 is 0. The van der Waals surface area contributed by atoms with Crippen LogP contribution in [0.1, 0.15) is 51.5 Å². The molecule has 0 bridgehead atoms. The van der Waals surface area contributed by atoms with Crippen LogP contribution in [0.5, 0.6) is 0 Å². The van der Waals surface area contributed by atoms with Gasteiger partial charge in [0.25, 0.3) is 11.2 Å². The summed E-state index contributed by atoms with van der Waals surface area (Å²) in [6.07, 6.45) is 1.61. The molecule has 1 unspecified atom stereocenters. The number of para-hydroxylation sites is 1. The SMILES string of the molecule is CCc1ccc(-n2c(C(C)N(CCC(C)C)C(=O)Nc3ccc([N+](=O)[O-])cc3)nc3ccccc3c2=O)cc1. The standard InChI is InChI=1S/C30H33N5O4/c1-5-22-10-14-24(15-11-22)34-28(32-27-9-7-6-8-26(27)29(34)36)21(4)33(19-18-20(2)3)30(37)31-23-12-16-25(17-13-23)35(38)39/h6-17,20-21H,5,18-19H2,1-4H3,(H,31,37). The van der Waals surface area contributed by atoms with Gasteiger partial charge in [0.1, 0.15) is 5.82 Å². The lowest BCUT2D eigenvalue weighted by atomic mass is 10.1. The summed E-state index contributed by atoms with van der Waals surface area (Å²) in [6, 6.07) is 19.7. The second-order valence-electron chi connectivity index (χ2n) is 9.93. The zero-order chi connectivity index (χ0) is 28.1. The van der Waals surface area contributed by atoms with Crippen molar-refractivity contribution >= 4 is 28.3 Å². The smallest absolute Gasteiger partial charge is 0.315 e. The first-order chi connectivity index (χ1) is 18.7. The van der Waals surface area contributed by atoms with Gasteiger partial charge in [0.2, 0.25) is 0 Å². The van der Waals surface area contributed by atoms with Crippen LogP contribution in [-0.2, 0) is 6.42 Å². The number of hydrogen-bond donors (Lipinski definition) is 1. The van der Waals surface area contributed by atoms with E-state index in [1.807, 2.05) is 43.3 Å². The van der Waals surface area contributed by atoms with E-state index in [0.717, 1.165) is 18.4 Å². The quantitative estimate of drug-likeness (QED) is 0.197. The van der Waals surface area contributed by atoms with Crippen LogP contribution in [0.15, 0.2) is 77.6 Å². The molecule has 202 valence electrons. The molecule has 9 nitrogen and oxygen atoms in total. The van der Waals surface area contributed by atoms with Crippen molar-refractivity contribution in [2.24, 2.45) is 5.92 Å². The van der Waals surface area contributed by atoms with Crippen molar-refractivity contribution in [2.45, 2.75) is 46.6 Å². The third-order valence-corrected chi connectivity index (χ3v) is 6.78. The van der Waals surface area contributed by atoms with Gasteiger partial charge in [-0.1, -0.05) is 45.0 Å². The van der Waals surface area contributed by atoms with Gasteiger partial charge in [-0.3, -0.25) is 19.5 Å². The van der Waals surface area contributed by atoms with Gasteiger partial charge >= 0.3 is 6.03 Å². The van der Waals surface area contributed by atoms with Crippen molar-refractivity contribution in [2.75, 3.05) is 11.9 Å². The van der Waals surface area contributed by atoms with Gasteiger partial charge in [-0.25, -0.2) is 9.78 Å². The zero-order valence-electron chi connectivity index (χ0n) is 22.6. The van der Waals surface area contributed by atoms with Gasteiger partial charge in [-0.15, -0.1) is 0 Å². The predicted molar refractivity (Wildman–Crippen MR) is 153 cm³/mol. The van der Waals surface area contributed by atoms with Gasteiger partial charge < -0.3 is 10.2 Å². The second kappa shape index (κ2) is 11.9. The number of nitrogens with one attached hydrogen (secondary N) is 1. The Bertz CT molecular complexity index is 1530. The van der Waals surface area contributed by atoms with Gasteiger partial charge in [0.15, 0.2) is 0 Å². The van der Waals surface area contributed by atoms with E-state index >= 15 is 0 Å². The summed E-state index contributed by atoms with van der Waals surface area (Å²) in [5.41, 5.74) is 2.56. The maximum absolute atomic E-state index is 13.8. The molecule has 0 fully saturated rings. The number of nitro benzene ring substituents is 1. The monoisotopic (exact) mass is 527 g/mol. The molecule has 0 radical (unpaired) electrons. The molecule has 4 aromatic rings. The van der Waals surface area contributed by atoms with Gasteiger partial charge in [-0.05, 0) is 67.6 Å². The molecule has 1 heterocycles. The Balaban J connectivity index is 1.79. The Kier molecular flexibility index (Phi) is 8.39. The molecule has 0 saturated carbocycles. The molecule has 1 N–H and O–H groups in total. The van der Waals surface area contributed by atoms with E-state index in [0.29, 0.717) is 40.6 Å². The topological polar surface area (TPSA) is 110 Å². The second-order valence-corrected chi connectivity index (χ2v) is 9.93. The van der Waals surface area contributed by atoms with Crippen molar-refractivity contribution in [1.29, 1.82) is 0 Å². The number of aryl methyl sites for hydroxylation is 1. The van der Waals surface area contributed by atoms with E-state index in [-0.39, 0.29) is 17.3 Å². The fourth-order valence-corrected chi connectivity index (χ4v) is 4.43. The number of anilines is 1. The number of hydrogen-bond acceptors (Lipinski definition) is 5. The molecule has 9 heteroatoms. The fraction of sp³-hybridized carbons (Fsp3) is 0.300. The fourth-order valence-electron chi connectivity index (χ4n) is 4.43. The van der Waals surface area contributed by atoms with E-state index in [2.05, 4.69) is 26.1 Å². The molecule has 0 saturated heterocycles. The van der Waals surface area contributed by atoms with Gasteiger partial charge in [0.05, 0.1) is 27.6 Å². The van der Waals surface area contributed by atoms with E-state index in [4.69, 9.17) is 4.98 Å². The molecule has 0 aliphatic heterocycles. The van der Waals surface area contributed by atoms with Crippen LogP contribution in [0.4, 0.5) is 16.2 Å². The van der Waals surface area contributed by atoms with Crippen molar-refractivity contribution in [3.8, 4) is 5.69 Å². The number of non-ortho nitro benzene ring substituents is 1. The largest absolute Gasteiger partial charge is 0.322 e. The lowest BCUT2D eigenvalue weighted by Gasteiger charge is -2.31. The van der Waals surface area contributed by atoms with Crippen LogP contribution in [0, 0.1) is 16.0 Å². The number of amides is 2. The van der Waals surface area contributed by atoms with Crippen molar-refractivity contribution in [3.05, 3.63) is 105 Å². The predicted octanol–water partition coefficient (Wildman–Crippen LogP) is 6.50. The normalized spacial score (nSPS) is 11.9. The third-order valence-electron chi connectivity index (χ3n) is 6.78. The molecular weight excluding hydrogens is 494 g/mol. The molecule has 3 aromatic carbocycles. The van der Waals surface area contributed by atoms with Crippen LogP contribution in [0.3, 0.4) is 0 Å². The molecule has 1 atom stereocenters. The van der Waals surface area contributed by atoms with E-state index in [1.165, 1.54) is 24.3 Å². The van der Waals surface area contributed by atoms with E-state index in [9.17, 15) is 19.7 Å². The van der Waals surface area contributed by atoms with Gasteiger partial charge in [0, 0.05) is 24.4 Å². The molecule has 4 rings (SSSR count). The lowest BCUT2D eigenvalue weighted by Crippen LogP contribution is -2.40. The number of carbonyl (C=O) groups is 1. The van der Waals surface area contributed by atoms with E-state index in [1.54, 1.807) is 21.6 Å². The minimum atomic E-state index is -0.565. The highest BCUT2D eigenvalue weighted by atomic mass is 16.6. The number of carbonyl (C=O) groups excluding carboxylic acids is 1. The summed E-state index contributed by atoms with van der Waals surface area (Å²) in [5, 5.41) is 14.4. The van der Waals surface area contributed by atoms with Crippen LogP contribution in [-0.4, -0.2) is 32.0 Å². The average Bonchev–Trinajstić information content (AvgIpc) is 2.93. The van der Waals surface area contributed by atoms with Crippen molar-refractivity contribution in [1.82, 2.24) is 14.5 Å². The Morgan fingerprint density at radius 1 is 1.03 bits per heavy atom. The number of aromatic nitrogens is 2. The molecule has 0 aliphatic carbocycles. The van der Waals surface area contributed by atoms with Crippen LogP contribution in [0.2, 0.25) is 0 Å². The lowest BCUT2D eigenvalue weighted by molar-refractivity contribution is -0.384. The molecule has 0 aliphatic rings. The summed E-state index contributed by atoms with van der Waals surface area (Å²) in [6.45, 7) is 8.52. The zero-order valence-corrected chi connectivity index (χ0v) is 22.6. The highest BCUT2D eigenvalue weighted by Gasteiger charge is 2.27. The summed E-state index contributed by atoms with van der Waals surface area (Å²) < 4.78 is 1.59. The van der Waals surface area contributed by atoms with Gasteiger partial charge in [-0.2, -0.15) is 0 Å². The first-order valence-corrected chi connectivity index (χ1v) is 13.1. The maximum Gasteiger partial charge on any atom is 0.322 e. The number of urea groups is 1. The number of fused-ring (bicyclic) bond motifs is 1. The number of rotatable bonds is 9. The highest BCUT2D eigenvalue weighted by molar-refractivity contribution is 5.89. The Morgan fingerprint density at radius 3 is 2.31 bits per heavy atom. The maximum atomic E-state index is 13.8. The Morgan fingerprint density at radius 2 is 1.69 bits per heavy atom. The summed E-state index contributed by atoms with van der Waals surface area (Å²) in [5.74, 6) is 0.783. The minimum absolute atomic E-state index is 0.0588. The number of nitro groups is 1. The average molecular weight is 528 g/mol. The van der Waals surface area contributed by atoms with Crippen LogP contribution in [0.25, 0.3) is 16.6 Å². The van der Waals surface area contributed by atoms with Crippen molar-refractivity contribution in [3.63, 3.8) is 0 Å². The summed E-state index contributed by atoms with van der Waals surface area (Å²) in [4.78, 5) is 44.5. The molecule has 0 spiro atoms. The molecular formula is C30H33N5O4. The van der Waals surface area contributed by atoms with Crippen molar-refractivity contribution < 1.29 is 9.72 Å². The molecule has 1 aromatic heterocycles. The highest BCUT2D eigenvalue weighted by Crippen LogP contribution is 2.25. The Labute approximate surface area is 227 Å². The van der Waals surface area contributed by atoms with Crippen LogP contribution < -0.4 is 10.9 Å². The Hall–Kier alpha value is -4.53.